The van der Waals surface area contributed by atoms with Crippen LogP contribution in [0.3, 0.4) is 0 Å². The average molecular weight is 352 g/mol. The molecule has 1 amide bonds. The number of nitrogens with one attached hydrogen (secondary N) is 1. The van der Waals surface area contributed by atoms with E-state index in [9.17, 15) is 18.0 Å². The second kappa shape index (κ2) is 6.55. The Morgan fingerprint density at radius 2 is 1.88 bits per heavy atom. The van der Waals surface area contributed by atoms with Gasteiger partial charge in [-0.1, -0.05) is 30.3 Å². The lowest BCUT2D eigenvalue weighted by atomic mass is 9.96. The third-order valence-electron chi connectivity index (χ3n) is 4.04. The number of hydrazine groups is 1. The normalized spacial score (nSPS) is 17.1. The number of nitrogens with zero attached hydrogens (tertiary/aromatic N) is 1. The number of carbonyl (C=O) groups excluding carboxylic acids is 1. The van der Waals surface area contributed by atoms with Gasteiger partial charge in [-0.15, -0.1) is 0 Å². The number of ether oxygens (including phenoxy) is 1. The molecule has 1 N–H and O–H groups in total. The lowest BCUT2D eigenvalue weighted by Gasteiger charge is -2.31. The van der Waals surface area contributed by atoms with E-state index in [1.807, 2.05) is 0 Å². The number of carbonyl (C=O) groups is 1. The molecule has 4 nitrogen and oxygen atoms in total. The van der Waals surface area contributed by atoms with E-state index in [2.05, 4.69) is 5.43 Å². The molecule has 0 saturated carbocycles. The maximum absolute atomic E-state index is 14.0. The number of hydrogen-bond acceptors (Lipinski definition) is 3. The van der Waals surface area contributed by atoms with Gasteiger partial charge in [0.2, 0.25) is 5.91 Å². The Balaban J connectivity index is 2.22. The van der Waals surface area contributed by atoms with Crippen molar-refractivity contribution in [1.29, 1.82) is 0 Å². The Labute approximate surface area is 143 Å². The Bertz CT molecular complexity index is 789. The monoisotopic (exact) mass is 352 g/mol. The standard InChI is InChI=1S/C18H19F3N2O2/c1-11(2)25-14-8-7-12-5-3-4-6-13(12)16(14)17(18(19,20)21)23-10-9-15(24)22-23/h3-8,11,17H,9-10H2,1-2H3,(H,22,24). The van der Waals surface area contributed by atoms with Crippen molar-refractivity contribution in [3.05, 3.63) is 42.0 Å². The smallest absolute Gasteiger partial charge is 0.410 e. The molecule has 25 heavy (non-hydrogen) atoms. The van der Waals surface area contributed by atoms with Gasteiger partial charge in [0.1, 0.15) is 5.75 Å². The lowest BCUT2D eigenvalue weighted by Crippen LogP contribution is -2.44. The van der Waals surface area contributed by atoms with Gasteiger partial charge in [-0.2, -0.15) is 13.2 Å². The third kappa shape index (κ3) is 3.56. The number of fused-ring (bicyclic) bond motifs is 1. The fraction of sp³-hybridized carbons (Fsp3) is 0.389. The third-order valence-corrected chi connectivity index (χ3v) is 4.04. The van der Waals surface area contributed by atoms with E-state index in [1.54, 1.807) is 50.2 Å². The molecule has 7 heteroatoms. The molecule has 2 aromatic rings. The SMILES string of the molecule is CC(C)Oc1ccc2ccccc2c1C(N1CCC(=O)N1)C(F)(F)F. The van der Waals surface area contributed by atoms with E-state index < -0.39 is 18.1 Å². The second-order valence-electron chi connectivity index (χ2n) is 6.29. The van der Waals surface area contributed by atoms with Crippen LogP contribution >= 0.6 is 0 Å². The molecule has 0 spiro atoms. The number of rotatable bonds is 4. The van der Waals surface area contributed by atoms with E-state index in [-0.39, 0.29) is 30.4 Å². The van der Waals surface area contributed by atoms with Gasteiger partial charge in [0.25, 0.3) is 0 Å². The number of alkyl halides is 3. The highest BCUT2D eigenvalue weighted by molar-refractivity contribution is 5.88. The predicted molar refractivity (Wildman–Crippen MR) is 88.0 cm³/mol. The molecule has 0 radical (unpaired) electrons. The first-order valence-corrected chi connectivity index (χ1v) is 8.08. The molecule has 2 aromatic carbocycles. The molecule has 1 atom stereocenters. The lowest BCUT2D eigenvalue weighted by molar-refractivity contribution is -0.191. The molecular formula is C18H19F3N2O2. The van der Waals surface area contributed by atoms with Crippen LogP contribution in [0.15, 0.2) is 36.4 Å². The van der Waals surface area contributed by atoms with Gasteiger partial charge < -0.3 is 4.74 Å². The second-order valence-corrected chi connectivity index (χ2v) is 6.29. The van der Waals surface area contributed by atoms with Crippen molar-refractivity contribution >= 4 is 16.7 Å². The number of hydrogen-bond donors (Lipinski definition) is 1. The summed E-state index contributed by atoms with van der Waals surface area (Å²) in [5, 5.41) is 2.11. The summed E-state index contributed by atoms with van der Waals surface area (Å²) in [6, 6.07) is 8.21. The van der Waals surface area contributed by atoms with Gasteiger partial charge >= 0.3 is 6.18 Å². The Morgan fingerprint density at radius 1 is 1.16 bits per heavy atom. The van der Waals surface area contributed by atoms with Crippen molar-refractivity contribution in [2.75, 3.05) is 6.54 Å². The van der Waals surface area contributed by atoms with Crippen molar-refractivity contribution in [3.63, 3.8) is 0 Å². The van der Waals surface area contributed by atoms with Crippen LogP contribution in [0.25, 0.3) is 10.8 Å². The molecule has 1 heterocycles. The molecule has 0 bridgehead atoms. The average Bonchev–Trinajstić information content (AvgIpc) is 2.93. The minimum atomic E-state index is -4.57. The van der Waals surface area contributed by atoms with Crippen molar-refractivity contribution in [2.24, 2.45) is 0 Å². The van der Waals surface area contributed by atoms with Crippen LogP contribution in [0.4, 0.5) is 13.2 Å². The Kier molecular flexibility index (Phi) is 4.60. The summed E-state index contributed by atoms with van der Waals surface area (Å²) in [6.45, 7) is 3.52. The van der Waals surface area contributed by atoms with Crippen LogP contribution in [0.5, 0.6) is 5.75 Å². The summed E-state index contributed by atoms with van der Waals surface area (Å²) in [5.74, 6) is -0.238. The van der Waals surface area contributed by atoms with Crippen LogP contribution in [0.2, 0.25) is 0 Å². The van der Waals surface area contributed by atoms with Crippen LogP contribution in [-0.4, -0.2) is 29.7 Å². The van der Waals surface area contributed by atoms with E-state index in [0.29, 0.717) is 10.8 Å². The number of halogens is 3. The highest BCUT2D eigenvalue weighted by atomic mass is 19.4. The van der Waals surface area contributed by atoms with Gasteiger partial charge in [0.05, 0.1) is 6.10 Å². The van der Waals surface area contributed by atoms with Crippen molar-refractivity contribution < 1.29 is 22.7 Å². The minimum Gasteiger partial charge on any atom is -0.491 e. The van der Waals surface area contributed by atoms with Crippen LogP contribution in [-0.2, 0) is 4.79 Å². The quantitative estimate of drug-likeness (QED) is 0.905. The predicted octanol–water partition coefficient (Wildman–Crippen LogP) is 3.97. The molecule has 1 saturated heterocycles. The van der Waals surface area contributed by atoms with E-state index in [4.69, 9.17) is 4.74 Å². The maximum Gasteiger partial charge on any atom is 0.410 e. The number of amides is 1. The summed E-state index contributed by atoms with van der Waals surface area (Å²) >= 11 is 0. The zero-order valence-corrected chi connectivity index (χ0v) is 13.9. The maximum atomic E-state index is 14.0. The molecule has 1 fully saturated rings. The summed E-state index contributed by atoms with van der Waals surface area (Å²) < 4.78 is 47.6. The topological polar surface area (TPSA) is 41.6 Å². The van der Waals surface area contributed by atoms with Crippen molar-refractivity contribution in [1.82, 2.24) is 10.4 Å². The molecule has 0 aliphatic carbocycles. The molecule has 0 aromatic heterocycles. The van der Waals surface area contributed by atoms with Crippen molar-refractivity contribution in [2.45, 2.75) is 38.6 Å². The summed E-state index contributed by atoms with van der Waals surface area (Å²) in [7, 11) is 0. The first-order valence-electron chi connectivity index (χ1n) is 8.08. The number of benzene rings is 2. The highest BCUT2D eigenvalue weighted by Crippen LogP contribution is 2.45. The Morgan fingerprint density at radius 3 is 2.48 bits per heavy atom. The summed E-state index contributed by atoms with van der Waals surface area (Å²) in [6.07, 6.45) is -4.81. The highest BCUT2D eigenvalue weighted by Gasteiger charge is 2.49. The van der Waals surface area contributed by atoms with Crippen LogP contribution in [0, 0.1) is 0 Å². The fourth-order valence-electron chi connectivity index (χ4n) is 3.10. The Hall–Kier alpha value is -2.28. The molecule has 3 rings (SSSR count). The minimum absolute atomic E-state index is 0.00660. The van der Waals surface area contributed by atoms with Gasteiger partial charge in [-0.25, -0.2) is 5.01 Å². The largest absolute Gasteiger partial charge is 0.491 e. The van der Waals surface area contributed by atoms with E-state index in [0.717, 1.165) is 5.01 Å². The first-order chi connectivity index (χ1) is 11.8. The van der Waals surface area contributed by atoms with Gasteiger partial charge in [-0.05, 0) is 30.7 Å². The molecule has 1 aliphatic rings. The zero-order chi connectivity index (χ0) is 18.2. The summed E-state index contributed by atoms with van der Waals surface area (Å²) in [5.41, 5.74) is 2.35. The van der Waals surface area contributed by atoms with Crippen LogP contribution in [0.1, 0.15) is 31.9 Å². The van der Waals surface area contributed by atoms with Gasteiger partial charge in [-0.3, -0.25) is 10.2 Å². The van der Waals surface area contributed by atoms with Gasteiger partial charge in [0.15, 0.2) is 6.04 Å². The van der Waals surface area contributed by atoms with Crippen molar-refractivity contribution in [3.8, 4) is 5.75 Å². The summed E-state index contributed by atoms with van der Waals surface area (Å²) in [4.78, 5) is 11.5. The van der Waals surface area contributed by atoms with E-state index >= 15 is 0 Å². The zero-order valence-electron chi connectivity index (χ0n) is 13.9. The first kappa shape index (κ1) is 17.5. The molecule has 1 unspecified atom stereocenters. The molecular weight excluding hydrogens is 333 g/mol. The fourth-order valence-corrected chi connectivity index (χ4v) is 3.10. The van der Waals surface area contributed by atoms with Crippen LogP contribution < -0.4 is 10.2 Å². The van der Waals surface area contributed by atoms with E-state index in [1.165, 1.54) is 0 Å². The molecule has 1 aliphatic heterocycles. The molecule has 134 valence electrons. The van der Waals surface area contributed by atoms with Gasteiger partial charge in [0, 0.05) is 18.5 Å².